The van der Waals surface area contributed by atoms with Crippen LogP contribution in [0.25, 0.3) is 0 Å². The first-order valence-corrected chi connectivity index (χ1v) is 8.94. The molecule has 0 unspecified atom stereocenters. The quantitative estimate of drug-likeness (QED) is 0.766. The molecule has 1 atom stereocenters. The lowest BCUT2D eigenvalue weighted by molar-refractivity contribution is -0.128. The number of carbonyl (C=O) groups excluding carboxylic acids is 2. The van der Waals surface area contributed by atoms with E-state index in [1.807, 2.05) is 40.0 Å². The second-order valence-electron chi connectivity index (χ2n) is 6.73. The average molecular weight is 355 g/mol. The van der Waals surface area contributed by atoms with Crippen molar-refractivity contribution in [2.24, 2.45) is 11.7 Å². The van der Waals surface area contributed by atoms with Gasteiger partial charge in [-0.3, -0.25) is 19.2 Å². The molecule has 1 aliphatic heterocycles. The molecule has 1 aromatic carbocycles. The molecule has 1 fully saturated rings. The molecule has 2 amide bonds. The molecule has 0 radical (unpaired) electrons. The molecule has 7 nitrogen and oxygen atoms in total. The van der Waals surface area contributed by atoms with E-state index in [9.17, 15) is 9.59 Å². The minimum Gasteiger partial charge on any atom is -0.369 e. The maximum Gasteiger partial charge on any atom is 0.231 e. The number of amides is 2. The fraction of sp³-hybridized carbons (Fsp3) is 0.421. The molecule has 1 aliphatic rings. The van der Waals surface area contributed by atoms with Gasteiger partial charge in [0.05, 0.1) is 19.0 Å². The van der Waals surface area contributed by atoms with E-state index >= 15 is 0 Å². The summed E-state index contributed by atoms with van der Waals surface area (Å²) in [6, 6.07) is 9.94. The summed E-state index contributed by atoms with van der Waals surface area (Å²) < 4.78 is 1.86. The van der Waals surface area contributed by atoms with Crippen LogP contribution in [0.15, 0.2) is 42.7 Å². The number of piperidine rings is 1. The van der Waals surface area contributed by atoms with Crippen LogP contribution >= 0.6 is 0 Å². The Bertz CT molecular complexity index is 744. The molecule has 0 aliphatic carbocycles. The Balaban J connectivity index is 1.57. The number of primary amides is 1. The monoisotopic (exact) mass is 355 g/mol. The smallest absolute Gasteiger partial charge is 0.231 e. The topological polar surface area (TPSA) is 93.3 Å². The predicted molar refractivity (Wildman–Crippen MR) is 98.0 cm³/mol. The Labute approximate surface area is 153 Å². The van der Waals surface area contributed by atoms with Crippen molar-refractivity contribution >= 4 is 11.8 Å². The number of nitrogens with two attached hydrogens (primary N) is 1. The van der Waals surface area contributed by atoms with Gasteiger partial charge in [-0.15, -0.1) is 0 Å². The highest BCUT2D eigenvalue weighted by Gasteiger charge is 2.26. The molecular weight excluding hydrogens is 330 g/mol. The molecule has 1 aromatic heterocycles. The lowest BCUT2D eigenvalue weighted by atomic mass is 9.97. The van der Waals surface area contributed by atoms with E-state index in [0.717, 1.165) is 30.5 Å². The summed E-state index contributed by atoms with van der Waals surface area (Å²) in [5, 5.41) is 7.29. The summed E-state index contributed by atoms with van der Waals surface area (Å²) in [5.74, 6) is -0.409. The number of rotatable bonds is 7. The summed E-state index contributed by atoms with van der Waals surface area (Å²) in [4.78, 5) is 25.6. The van der Waals surface area contributed by atoms with Crippen molar-refractivity contribution in [3.8, 4) is 0 Å². The number of hydrogen-bond acceptors (Lipinski definition) is 4. The van der Waals surface area contributed by atoms with Gasteiger partial charge in [-0.25, -0.2) is 0 Å². The Morgan fingerprint density at radius 3 is 2.77 bits per heavy atom. The number of nitrogens with one attached hydrogen (secondary N) is 1. The van der Waals surface area contributed by atoms with Gasteiger partial charge < -0.3 is 11.1 Å². The van der Waals surface area contributed by atoms with Crippen LogP contribution in [0.5, 0.6) is 0 Å². The van der Waals surface area contributed by atoms with E-state index in [0.29, 0.717) is 19.6 Å². The zero-order valence-electron chi connectivity index (χ0n) is 14.8. The molecule has 2 heterocycles. The molecule has 3 rings (SSSR count). The number of carbonyl (C=O) groups is 2. The van der Waals surface area contributed by atoms with Gasteiger partial charge in [0, 0.05) is 25.5 Å². The van der Waals surface area contributed by atoms with Crippen molar-refractivity contribution in [3.63, 3.8) is 0 Å². The zero-order chi connectivity index (χ0) is 18.4. The van der Waals surface area contributed by atoms with Crippen LogP contribution in [0.3, 0.4) is 0 Å². The Morgan fingerprint density at radius 1 is 1.23 bits per heavy atom. The third kappa shape index (κ3) is 4.92. The summed E-state index contributed by atoms with van der Waals surface area (Å²) in [6.45, 7) is 2.79. The molecule has 0 bridgehead atoms. The Kier molecular flexibility index (Phi) is 6.01. The number of nitrogens with zero attached hydrogens (tertiary/aromatic N) is 3. The van der Waals surface area contributed by atoms with Gasteiger partial charge in [0.1, 0.15) is 0 Å². The van der Waals surface area contributed by atoms with Crippen LogP contribution in [0.1, 0.15) is 24.0 Å². The second-order valence-corrected chi connectivity index (χ2v) is 6.73. The average Bonchev–Trinajstić information content (AvgIpc) is 3.13. The molecule has 7 heteroatoms. The first-order chi connectivity index (χ1) is 12.6. The van der Waals surface area contributed by atoms with Crippen LogP contribution in [0.4, 0.5) is 0 Å². The van der Waals surface area contributed by atoms with Crippen molar-refractivity contribution in [1.82, 2.24) is 20.0 Å². The first kappa shape index (κ1) is 18.1. The summed E-state index contributed by atoms with van der Waals surface area (Å²) in [6.07, 6.45) is 5.42. The fourth-order valence-corrected chi connectivity index (χ4v) is 3.41. The van der Waals surface area contributed by atoms with Crippen molar-refractivity contribution in [2.45, 2.75) is 25.9 Å². The van der Waals surface area contributed by atoms with E-state index in [4.69, 9.17) is 5.73 Å². The molecule has 2 aromatic rings. The van der Waals surface area contributed by atoms with Crippen molar-refractivity contribution in [2.75, 3.05) is 19.6 Å². The van der Waals surface area contributed by atoms with Crippen molar-refractivity contribution in [1.29, 1.82) is 0 Å². The lowest BCUT2D eigenvalue weighted by Gasteiger charge is -2.31. The van der Waals surface area contributed by atoms with Gasteiger partial charge in [-0.1, -0.05) is 24.3 Å². The highest BCUT2D eigenvalue weighted by molar-refractivity contribution is 5.79. The molecule has 0 saturated carbocycles. The number of hydrogen-bond donors (Lipinski definition) is 2. The molecule has 138 valence electrons. The molecule has 0 spiro atoms. The van der Waals surface area contributed by atoms with Gasteiger partial charge >= 0.3 is 0 Å². The molecular formula is C19H25N5O2. The van der Waals surface area contributed by atoms with Crippen molar-refractivity contribution < 1.29 is 9.59 Å². The number of aromatic nitrogens is 2. The van der Waals surface area contributed by atoms with E-state index in [1.165, 1.54) is 0 Å². The SMILES string of the molecule is NC(=O)CN1CCC[C@H](C(=O)NCc2ccccc2Cn2cccn2)C1. The van der Waals surface area contributed by atoms with Gasteiger partial charge in [0.15, 0.2) is 0 Å². The van der Waals surface area contributed by atoms with Crippen LogP contribution in [0.2, 0.25) is 0 Å². The number of likely N-dealkylation sites (tertiary alicyclic amines) is 1. The van der Waals surface area contributed by atoms with Crippen LogP contribution in [-0.4, -0.2) is 46.1 Å². The molecule has 3 N–H and O–H groups in total. The minimum atomic E-state index is -0.349. The first-order valence-electron chi connectivity index (χ1n) is 8.94. The van der Waals surface area contributed by atoms with Gasteiger partial charge in [0.2, 0.25) is 11.8 Å². The maximum atomic E-state index is 12.6. The lowest BCUT2D eigenvalue weighted by Crippen LogP contribution is -2.45. The van der Waals surface area contributed by atoms with E-state index in [1.54, 1.807) is 6.20 Å². The van der Waals surface area contributed by atoms with E-state index in [2.05, 4.69) is 16.5 Å². The van der Waals surface area contributed by atoms with Crippen LogP contribution in [-0.2, 0) is 22.7 Å². The predicted octanol–water partition coefficient (Wildman–Crippen LogP) is 0.745. The summed E-state index contributed by atoms with van der Waals surface area (Å²) in [7, 11) is 0. The van der Waals surface area contributed by atoms with Gasteiger partial charge in [-0.05, 0) is 36.6 Å². The van der Waals surface area contributed by atoms with Gasteiger partial charge in [0.25, 0.3) is 0 Å². The van der Waals surface area contributed by atoms with Gasteiger partial charge in [-0.2, -0.15) is 5.10 Å². The third-order valence-electron chi connectivity index (χ3n) is 4.72. The summed E-state index contributed by atoms with van der Waals surface area (Å²) in [5.41, 5.74) is 7.48. The zero-order valence-corrected chi connectivity index (χ0v) is 14.8. The Hall–Kier alpha value is -2.67. The standard InChI is InChI=1S/C19H25N5O2/c20-18(25)14-23-9-3-7-17(12-23)19(26)21-11-15-5-1-2-6-16(15)13-24-10-4-8-22-24/h1-2,4-6,8,10,17H,3,7,9,11-14H2,(H2,20,25)(H,21,26)/t17-/m0/s1. The largest absolute Gasteiger partial charge is 0.369 e. The summed E-state index contributed by atoms with van der Waals surface area (Å²) >= 11 is 0. The Morgan fingerprint density at radius 2 is 2.04 bits per heavy atom. The van der Waals surface area contributed by atoms with Crippen LogP contribution in [0, 0.1) is 5.92 Å². The number of benzene rings is 1. The maximum absolute atomic E-state index is 12.6. The van der Waals surface area contributed by atoms with E-state index < -0.39 is 0 Å². The van der Waals surface area contributed by atoms with Crippen LogP contribution < -0.4 is 11.1 Å². The second kappa shape index (κ2) is 8.62. The fourth-order valence-electron chi connectivity index (χ4n) is 3.41. The normalized spacial score (nSPS) is 17.8. The van der Waals surface area contributed by atoms with Crippen molar-refractivity contribution in [3.05, 3.63) is 53.9 Å². The highest BCUT2D eigenvalue weighted by atomic mass is 16.2. The molecule has 1 saturated heterocycles. The minimum absolute atomic E-state index is 0.0352. The van der Waals surface area contributed by atoms with E-state index in [-0.39, 0.29) is 24.3 Å². The molecule has 26 heavy (non-hydrogen) atoms. The highest BCUT2D eigenvalue weighted by Crippen LogP contribution is 2.17. The third-order valence-corrected chi connectivity index (χ3v) is 4.72.